The minimum absolute atomic E-state index is 0.881. The zero-order valence-corrected chi connectivity index (χ0v) is 10.0. The number of fused-ring (bicyclic) bond motifs is 1. The average molecular weight is 223 g/mol. The maximum absolute atomic E-state index is 5.04. The molecule has 0 aliphatic carbocycles. The first kappa shape index (κ1) is 11.6. The third-order valence-electron chi connectivity index (χ3n) is 3.11. The predicted molar refractivity (Wildman–Crippen MR) is 63.4 cm³/mol. The first-order valence-corrected chi connectivity index (χ1v) is 6.14. The van der Waals surface area contributed by atoms with E-state index in [1.165, 1.54) is 24.2 Å². The lowest BCUT2D eigenvalue weighted by Gasteiger charge is -2.15. The minimum atomic E-state index is 0.881. The molecule has 1 aliphatic heterocycles. The van der Waals surface area contributed by atoms with Crippen LogP contribution in [0.1, 0.15) is 30.7 Å². The molecule has 1 aromatic heterocycles. The van der Waals surface area contributed by atoms with Gasteiger partial charge in [-0.3, -0.25) is 0 Å². The Balaban J connectivity index is 1.78. The highest BCUT2D eigenvalue weighted by atomic mass is 16.5. The van der Waals surface area contributed by atoms with Gasteiger partial charge < -0.3 is 14.6 Å². The Hall–Kier alpha value is -0.870. The molecule has 16 heavy (non-hydrogen) atoms. The van der Waals surface area contributed by atoms with Crippen molar-refractivity contribution in [2.75, 3.05) is 20.3 Å². The molecule has 0 fully saturated rings. The van der Waals surface area contributed by atoms with Crippen molar-refractivity contribution in [2.45, 2.75) is 38.8 Å². The van der Waals surface area contributed by atoms with Crippen LogP contribution in [0.3, 0.4) is 0 Å². The van der Waals surface area contributed by atoms with Gasteiger partial charge in [0.05, 0.1) is 12.0 Å². The fourth-order valence-electron chi connectivity index (χ4n) is 2.20. The molecule has 0 bridgehead atoms. The van der Waals surface area contributed by atoms with Crippen molar-refractivity contribution < 1.29 is 4.74 Å². The lowest BCUT2D eigenvalue weighted by molar-refractivity contribution is 0.191. The van der Waals surface area contributed by atoms with E-state index in [0.29, 0.717) is 0 Å². The molecule has 4 nitrogen and oxygen atoms in total. The molecule has 0 saturated carbocycles. The van der Waals surface area contributed by atoms with Gasteiger partial charge in [0.15, 0.2) is 0 Å². The van der Waals surface area contributed by atoms with Crippen LogP contribution in [0.5, 0.6) is 0 Å². The summed E-state index contributed by atoms with van der Waals surface area (Å²) in [6.45, 7) is 4.01. The maximum atomic E-state index is 5.04. The van der Waals surface area contributed by atoms with Gasteiger partial charge in [-0.1, -0.05) is 0 Å². The van der Waals surface area contributed by atoms with E-state index in [4.69, 9.17) is 4.74 Å². The largest absolute Gasteiger partial charge is 0.385 e. The second-order valence-electron chi connectivity index (χ2n) is 4.31. The summed E-state index contributed by atoms with van der Waals surface area (Å²) in [7, 11) is 1.76. The number of hydrogen-bond acceptors (Lipinski definition) is 3. The summed E-state index contributed by atoms with van der Waals surface area (Å²) < 4.78 is 7.36. The molecule has 0 atom stereocenters. The summed E-state index contributed by atoms with van der Waals surface area (Å²) in [4.78, 5) is 4.45. The molecule has 4 heteroatoms. The highest BCUT2D eigenvalue weighted by Crippen LogP contribution is 2.13. The van der Waals surface area contributed by atoms with E-state index in [1.54, 1.807) is 7.11 Å². The van der Waals surface area contributed by atoms with Crippen molar-refractivity contribution in [3.05, 3.63) is 17.7 Å². The number of aryl methyl sites for hydroxylation is 1. The summed E-state index contributed by atoms with van der Waals surface area (Å²) >= 11 is 0. The van der Waals surface area contributed by atoms with Gasteiger partial charge in [0.25, 0.3) is 0 Å². The van der Waals surface area contributed by atoms with Gasteiger partial charge in [-0.25, -0.2) is 4.98 Å². The van der Waals surface area contributed by atoms with Crippen LogP contribution in [0, 0.1) is 0 Å². The van der Waals surface area contributed by atoms with Crippen LogP contribution < -0.4 is 5.32 Å². The number of imidazole rings is 1. The van der Waals surface area contributed by atoms with Gasteiger partial charge in [0.2, 0.25) is 0 Å². The molecule has 2 rings (SSSR count). The lowest BCUT2D eigenvalue weighted by Crippen LogP contribution is -2.25. The fraction of sp³-hybridized carbons (Fsp3) is 0.750. The Morgan fingerprint density at radius 1 is 1.44 bits per heavy atom. The van der Waals surface area contributed by atoms with E-state index in [9.17, 15) is 0 Å². The fourth-order valence-corrected chi connectivity index (χ4v) is 2.20. The summed E-state index contributed by atoms with van der Waals surface area (Å²) in [5.41, 5.74) is 2.67. The van der Waals surface area contributed by atoms with Gasteiger partial charge in [-0.2, -0.15) is 0 Å². The number of nitrogens with one attached hydrogen (secondary N) is 1. The SMILES string of the molecule is COCCCCCn1cnc2c1CCNC2. The van der Waals surface area contributed by atoms with Crippen molar-refractivity contribution in [1.29, 1.82) is 0 Å². The van der Waals surface area contributed by atoms with Crippen molar-refractivity contribution >= 4 is 0 Å². The lowest BCUT2D eigenvalue weighted by atomic mass is 10.1. The number of aromatic nitrogens is 2. The molecular formula is C12H21N3O. The van der Waals surface area contributed by atoms with Gasteiger partial charge in [0.1, 0.15) is 0 Å². The van der Waals surface area contributed by atoms with E-state index < -0.39 is 0 Å². The first-order chi connectivity index (χ1) is 7.92. The van der Waals surface area contributed by atoms with E-state index in [-0.39, 0.29) is 0 Å². The highest BCUT2D eigenvalue weighted by molar-refractivity contribution is 5.16. The topological polar surface area (TPSA) is 39.1 Å². The molecule has 0 spiro atoms. The molecule has 0 unspecified atom stereocenters. The van der Waals surface area contributed by atoms with Crippen LogP contribution in [-0.4, -0.2) is 29.8 Å². The van der Waals surface area contributed by atoms with Crippen molar-refractivity contribution in [2.24, 2.45) is 0 Å². The quantitative estimate of drug-likeness (QED) is 0.740. The monoisotopic (exact) mass is 223 g/mol. The minimum Gasteiger partial charge on any atom is -0.385 e. The van der Waals surface area contributed by atoms with Gasteiger partial charge >= 0.3 is 0 Å². The van der Waals surface area contributed by atoms with Crippen LogP contribution in [0.15, 0.2) is 6.33 Å². The smallest absolute Gasteiger partial charge is 0.0952 e. The van der Waals surface area contributed by atoms with E-state index >= 15 is 0 Å². The van der Waals surface area contributed by atoms with Crippen LogP contribution in [-0.2, 0) is 24.2 Å². The zero-order chi connectivity index (χ0) is 11.2. The van der Waals surface area contributed by atoms with E-state index in [1.807, 2.05) is 6.33 Å². The molecule has 0 radical (unpaired) electrons. The molecule has 0 amide bonds. The van der Waals surface area contributed by atoms with E-state index in [0.717, 1.165) is 39.1 Å². The Morgan fingerprint density at radius 2 is 2.38 bits per heavy atom. The van der Waals surface area contributed by atoms with Crippen LogP contribution in [0.25, 0.3) is 0 Å². The number of nitrogens with zero attached hydrogens (tertiary/aromatic N) is 2. The summed E-state index contributed by atoms with van der Waals surface area (Å²) in [5, 5.41) is 3.35. The number of unbranched alkanes of at least 4 members (excludes halogenated alkanes) is 2. The van der Waals surface area contributed by atoms with Crippen LogP contribution >= 0.6 is 0 Å². The Kier molecular flexibility index (Phi) is 4.36. The molecule has 0 saturated heterocycles. The summed E-state index contributed by atoms with van der Waals surface area (Å²) in [6.07, 6.45) is 6.73. The average Bonchev–Trinajstić information content (AvgIpc) is 2.73. The molecule has 0 aromatic carbocycles. The Bertz CT molecular complexity index is 322. The molecule has 1 aliphatic rings. The van der Waals surface area contributed by atoms with Crippen molar-refractivity contribution in [3.8, 4) is 0 Å². The summed E-state index contributed by atoms with van der Waals surface area (Å²) in [6, 6.07) is 0. The number of ether oxygens (including phenoxy) is 1. The third-order valence-corrected chi connectivity index (χ3v) is 3.11. The molecule has 1 N–H and O–H groups in total. The number of rotatable bonds is 6. The summed E-state index contributed by atoms with van der Waals surface area (Å²) in [5.74, 6) is 0. The molecule has 2 heterocycles. The molecular weight excluding hydrogens is 202 g/mol. The van der Waals surface area contributed by atoms with Gasteiger partial charge in [0, 0.05) is 45.5 Å². The van der Waals surface area contributed by atoms with Gasteiger partial charge in [-0.15, -0.1) is 0 Å². The Morgan fingerprint density at radius 3 is 3.25 bits per heavy atom. The highest BCUT2D eigenvalue weighted by Gasteiger charge is 2.13. The van der Waals surface area contributed by atoms with Crippen molar-refractivity contribution in [3.63, 3.8) is 0 Å². The third kappa shape index (κ3) is 2.83. The zero-order valence-electron chi connectivity index (χ0n) is 10.0. The predicted octanol–water partition coefficient (Wildman–Crippen LogP) is 1.35. The van der Waals surface area contributed by atoms with E-state index in [2.05, 4.69) is 14.9 Å². The second kappa shape index (κ2) is 6.01. The molecule has 1 aromatic rings. The molecule has 90 valence electrons. The normalized spacial score (nSPS) is 15.1. The number of hydrogen-bond donors (Lipinski definition) is 1. The first-order valence-electron chi connectivity index (χ1n) is 6.14. The van der Waals surface area contributed by atoms with Crippen LogP contribution in [0.4, 0.5) is 0 Å². The Labute approximate surface area is 97.0 Å². The van der Waals surface area contributed by atoms with Crippen molar-refractivity contribution in [1.82, 2.24) is 14.9 Å². The van der Waals surface area contributed by atoms with Gasteiger partial charge in [-0.05, 0) is 19.3 Å². The second-order valence-corrected chi connectivity index (χ2v) is 4.31. The number of methoxy groups -OCH3 is 1. The maximum Gasteiger partial charge on any atom is 0.0952 e. The van der Waals surface area contributed by atoms with Crippen LogP contribution in [0.2, 0.25) is 0 Å². The standard InChI is InChI=1S/C12H21N3O/c1-16-8-4-2-3-7-15-10-14-11-9-13-6-5-12(11)15/h10,13H,2-9H2,1H3.